The zero-order valence-corrected chi connectivity index (χ0v) is 21.0. The molecule has 3 aromatic carbocycles. The minimum absolute atomic E-state index is 0.00938. The van der Waals surface area contributed by atoms with Crippen molar-refractivity contribution in [1.82, 2.24) is 0 Å². The maximum absolute atomic E-state index is 13.8. The number of unbranched alkanes of at least 4 members (excludes halogenated alkanes) is 2. The number of hydrogen-bond donors (Lipinski definition) is 0. The lowest BCUT2D eigenvalue weighted by Crippen LogP contribution is -2.29. The summed E-state index contributed by atoms with van der Waals surface area (Å²) in [6, 6.07) is 15.5. The Morgan fingerprint density at radius 2 is 1.76 bits per heavy atom. The molecular formula is C30H26F3NO4. The van der Waals surface area contributed by atoms with Crippen molar-refractivity contribution in [2.24, 2.45) is 0 Å². The van der Waals surface area contributed by atoms with Crippen molar-refractivity contribution < 1.29 is 27.1 Å². The first kappa shape index (κ1) is 25.6. The van der Waals surface area contributed by atoms with Crippen molar-refractivity contribution in [1.29, 1.82) is 0 Å². The Morgan fingerprint density at radius 1 is 0.974 bits per heavy atom. The quantitative estimate of drug-likeness (QED) is 0.237. The average Bonchev–Trinajstić information content (AvgIpc) is 3.19. The Bertz CT molecular complexity index is 1570. The molecule has 0 saturated carbocycles. The van der Waals surface area contributed by atoms with E-state index < -0.39 is 29.1 Å². The topological polar surface area (TPSA) is 59.8 Å². The molecule has 1 atom stereocenters. The van der Waals surface area contributed by atoms with Crippen molar-refractivity contribution in [3.63, 3.8) is 0 Å². The van der Waals surface area contributed by atoms with E-state index in [2.05, 4.69) is 6.92 Å². The number of carbonyl (C=O) groups is 1. The number of alkyl halides is 3. The first-order chi connectivity index (χ1) is 18.2. The Morgan fingerprint density at radius 3 is 2.53 bits per heavy atom. The van der Waals surface area contributed by atoms with Crippen LogP contribution in [0.1, 0.15) is 65.0 Å². The molecule has 0 aliphatic carbocycles. The summed E-state index contributed by atoms with van der Waals surface area (Å²) in [5.74, 6) is -0.314. The Hall–Kier alpha value is -4.07. The Kier molecular flexibility index (Phi) is 6.73. The minimum Gasteiger partial charge on any atom is -0.494 e. The number of hydrogen-bond acceptors (Lipinski definition) is 4. The number of nitrogens with zero attached hydrogens (tertiary/aromatic N) is 1. The third-order valence-electron chi connectivity index (χ3n) is 6.67. The van der Waals surface area contributed by atoms with E-state index in [4.69, 9.17) is 9.15 Å². The van der Waals surface area contributed by atoms with Gasteiger partial charge in [-0.05, 0) is 61.4 Å². The summed E-state index contributed by atoms with van der Waals surface area (Å²) in [6.07, 6.45) is -1.68. The van der Waals surface area contributed by atoms with Gasteiger partial charge in [0.2, 0.25) is 5.76 Å². The van der Waals surface area contributed by atoms with Gasteiger partial charge in [0.25, 0.3) is 5.91 Å². The number of anilines is 1. The predicted octanol–water partition coefficient (Wildman–Crippen LogP) is 7.44. The zero-order valence-electron chi connectivity index (χ0n) is 21.0. The van der Waals surface area contributed by atoms with E-state index in [-0.39, 0.29) is 22.6 Å². The third kappa shape index (κ3) is 4.66. The second kappa shape index (κ2) is 10.0. The van der Waals surface area contributed by atoms with Gasteiger partial charge in [0, 0.05) is 5.69 Å². The molecule has 2 heterocycles. The lowest BCUT2D eigenvalue weighted by Gasteiger charge is -2.26. The molecule has 0 N–H and O–H groups in total. The largest absolute Gasteiger partial charge is 0.494 e. The van der Waals surface area contributed by atoms with Gasteiger partial charge in [-0.3, -0.25) is 14.5 Å². The first-order valence-corrected chi connectivity index (χ1v) is 12.5. The van der Waals surface area contributed by atoms with E-state index in [0.29, 0.717) is 23.3 Å². The second-order valence-corrected chi connectivity index (χ2v) is 9.43. The highest BCUT2D eigenvalue weighted by atomic mass is 19.4. The number of ether oxygens (including phenoxy) is 1. The van der Waals surface area contributed by atoms with Crippen LogP contribution in [0.25, 0.3) is 11.0 Å². The summed E-state index contributed by atoms with van der Waals surface area (Å²) in [5.41, 5.74) is 0.413. The van der Waals surface area contributed by atoms with E-state index in [9.17, 15) is 22.8 Å². The molecule has 38 heavy (non-hydrogen) atoms. The summed E-state index contributed by atoms with van der Waals surface area (Å²) in [6.45, 7) is 4.43. The maximum atomic E-state index is 13.8. The van der Waals surface area contributed by atoms with Crippen LogP contribution < -0.4 is 15.1 Å². The molecule has 1 unspecified atom stereocenters. The highest BCUT2D eigenvalue weighted by molar-refractivity contribution is 6.10. The highest BCUT2D eigenvalue weighted by Gasteiger charge is 2.44. The SMILES string of the molecule is CCCCCOc1cccc(C2c3c(oc4ccc(C)cc4c3=O)C(=O)N2c2cccc(C(F)(F)F)c2)c1. The molecule has 1 aromatic heterocycles. The van der Waals surface area contributed by atoms with Crippen LogP contribution in [-0.2, 0) is 6.18 Å². The van der Waals surface area contributed by atoms with Crippen molar-refractivity contribution in [2.75, 3.05) is 11.5 Å². The van der Waals surface area contributed by atoms with E-state index in [1.54, 1.807) is 42.5 Å². The number of fused-ring (bicyclic) bond motifs is 2. The second-order valence-electron chi connectivity index (χ2n) is 9.43. The van der Waals surface area contributed by atoms with Gasteiger partial charge in [-0.15, -0.1) is 0 Å². The zero-order chi connectivity index (χ0) is 27.0. The lowest BCUT2D eigenvalue weighted by atomic mass is 9.97. The van der Waals surface area contributed by atoms with Gasteiger partial charge in [-0.25, -0.2) is 0 Å². The number of benzene rings is 3. The van der Waals surface area contributed by atoms with Gasteiger partial charge in [-0.1, -0.05) is 49.6 Å². The molecule has 1 aliphatic heterocycles. The van der Waals surface area contributed by atoms with Gasteiger partial charge in [0.15, 0.2) is 5.43 Å². The lowest BCUT2D eigenvalue weighted by molar-refractivity contribution is -0.137. The van der Waals surface area contributed by atoms with E-state index >= 15 is 0 Å². The monoisotopic (exact) mass is 521 g/mol. The molecule has 5 nitrogen and oxygen atoms in total. The Balaban J connectivity index is 1.69. The van der Waals surface area contributed by atoms with Crippen LogP contribution in [0.2, 0.25) is 0 Å². The van der Waals surface area contributed by atoms with Crippen molar-refractivity contribution in [2.45, 2.75) is 45.3 Å². The van der Waals surface area contributed by atoms with Crippen molar-refractivity contribution >= 4 is 22.6 Å². The molecular weight excluding hydrogens is 495 g/mol. The standard InChI is InChI=1S/C30H26F3NO4/c1-3-4-5-14-37-22-11-6-8-19(16-22)26-25-27(35)23-15-18(2)12-13-24(23)38-28(25)29(36)34(26)21-10-7-9-20(17-21)30(31,32)33/h6-13,15-17,26H,3-5,14H2,1-2H3. The van der Waals surface area contributed by atoms with Crippen LogP contribution in [0.4, 0.5) is 18.9 Å². The van der Waals surface area contributed by atoms with Crippen LogP contribution in [0.15, 0.2) is 75.9 Å². The van der Waals surface area contributed by atoms with Crippen LogP contribution in [-0.4, -0.2) is 12.5 Å². The molecule has 0 bridgehead atoms. The molecule has 4 aromatic rings. The molecule has 0 fully saturated rings. The van der Waals surface area contributed by atoms with Crippen molar-refractivity contribution in [3.8, 4) is 5.75 Å². The number of rotatable bonds is 7. The van der Waals surface area contributed by atoms with Gasteiger partial charge >= 0.3 is 6.18 Å². The fourth-order valence-corrected chi connectivity index (χ4v) is 4.82. The van der Waals surface area contributed by atoms with E-state index in [0.717, 1.165) is 37.0 Å². The predicted molar refractivity (Wildman–Crippen MR) is 139 cm³/mol. The summed E-state index contributed by atoms with van der Waals surface area (Å²) >= 11 is 0. The molecule has 1 amide bonds. The Labute approximate surface area is 217 Å². The maximum Gasteiger partial charge on any atom is 0.416 e. The molecule has 1 aliphatic rings. The summed E-state index contributed by atoms with van der Waals surface area (Å²) < 4.78 is 52.5. The average molecular weight is 522 g/mol. The van der Waals surface area contributed by atoms with Gasteiger partial charge in [0.05, 0.1) is 29.2 Å². The van der Waals surface area contributed by atoms with Crippen LogP contribution in [0.3, 0.4) is 0 Å². The molecule has 0 saturated heterocycles. The van der Waals surface area contributed by atoms with Crippen LogP contribution in [0, 0.1) is 6.92 Å². The summed E-state index contributed by atoms with van der Waals surface area (Å²) in [5, 5.41) is 0.305. The fraction of sp³-hybridized carbons (Fsp3) is 0.267. The number of carbonyl (C=O) groups excluding carboxylic acids is 1. The molecule has 0 radical (unpaired) electrons. The summed E-state index contributed by atoms with van der Waals surface area (Å²) in [4.78, 5) is 28.7. The molecule has 196 valence electrons. The first-order valence-electron chi connectivity index (χ1n) is 12.5. The smallest absolute Gasteiger partial charge is 0.416 e. The summed E-state index contributed by atoms with van der Waals surface area (Å²) in [7, 11) is 0. The number of aryl methyl sites for hydroxylation is 1. The van der Waals surface area contributed by atoms with Gasteiger partial charge in [0.1, 0.15) is 11.3 Å². The number of amides is 1. The number of halogens is 3. The molecule has 5 rings (SSSR count). The molecule has 0 spiro atoms. The minimum atomic E-state index is -4.60. The van der Waals surface area contributed by atoms with Crippen LogP contribution in [0.5, 0.6) is 5.75 Å². The third-order valence-corrected chi connectivity index (χ3v) is 6.67. The molecule has 8 heteroatoms. The van der Waals surface area contributed by atoms with Crippen LogP contribution >= 0.6 is 0 Å². The van der Waals surface area contributed by atoms with Gasteiger partial charge in [-0.2, -0.15) is 13.2 Å². The van der Waals surface area contributed by atoms with E-state index in [1.807, 2.05) is 6.92 Å². The van der Waals surface area contributed by atoms with Crippen molar-refractivity contribution in [3.05, 3.63) is 105 Å². The van der Waals surface area contributed by atoms with E-state index in [1.165, 1.54) is 17.0 Å². The fourth-order valence-electron chi connectivity index (χ4n) is 4.82. The van der Waals surface area contributed by atoms with Gasteiger partial charge < -0.3 is 9.15 Å². The highest BCUT2D eigenvalue weighted by Crippen LogP contribution is 2.43. The normalized spacial score (nSPS) is 15.2.